The molecule has 3 rings (SSSR count). The van der Waals surface area contributed by atoms with Crippen LogP contribution < -0.4 is 10.1 Å². The van der Waals surface area contributed by atoms with Gasteiger partial charge in [0.25, 0.3) is 0 Å². The zero-order valence-corrected chi connectivity index (χ0v) is 17.3. The molecular formula is C21H18BrCl2NO. The SMILES string of the molecule is Cc1ccc(Cl)cc1NCc1cc(Cl)ccc1OCc1ccc(Br)cc1. The van der Waals surface area contributed by atoms with E-state index in [1.807, 2.05) is 67.6 Å². The fourth-order valence-electron chi connectivity index (χ4n) is 2.54. The number of benzene rings is 3. The van der Waals surface area contributed by atoms with Crippen molar-refractivity contribution in [3.05, 3.63) is 91.9 Å². The molecule has 0 aromatic heterocycles. The second-order valence-corrected chi connectivity index (χ2v) is 7.77. The fourth-order valence-corrected chi connectivity index (χ4v) is 3.17. The van der Waals surface area contributed by atoms with E-state index in [0.29, 0.717) is 23.2 Å². The number of ether oxygens (including phenoxy) is 1. The van der Waals surface area contributed by atoms with Crippen LogP contribution in [0.5, 0.6) is 5.75 Å². The molecule has 0 aliphatic heterocycles. The normalized spacial score (nSPS) is 10.6. The first-order valence-corrected chi connectivity index (χ1v) is 9.72. The van der Waals surface area contributed by atoms with Crippen molar-refractivity contribution >= 4 is 44.8 Å². The van der Waals surface area contributed by atoms with Crippen LogP contribution in [0, 0.1) is 6.92 Å². The first kappa shape index (κ1) is 19.1. The summed E-state index contributed by atoms with van der Waals surface area (Å²) in [5.74, 6) is 0.810. The first-order valence-electron chi connectivity index (χ1n) is 8.17. The van der Waals surface area contributed by atoms with Gasteiger partial charge in [-0.2, -0.15) is 0 Å². The van der Waals surface area contributed by atoms with E-state index >= 15 is 0 Å². The third kappa shape index (κ3) is 5.16. The highest BCUT2D eigenvalue weighted by Crippen LogP contribution is 2.27. The quantitative estimate of drug-likeness (QED) is 0.426. The second kappa shape index (κ2) is 8.81. The summed E-state index contributed by atoms with van der Waals surface area (Å²) in [7, 11) is 0. The molecule has 1 N–H and O–H groups in total. The minimum absolute atomic E-state index is 0.498. The van der Waals surface area contributed by atoms with Crippen LogP contribution >= 0.6 is 39.1 Å². The van der Waals surface area contributed by atoms with E-state index in [1.165, 1.54) is 0 Å². The molecule has 134 valence electrons. The lowest BCUT2D eigenvalue weighted by Crippen LogP contribution is -2.05. The number of nitrogens with one attached hydrogen (secondary N) is 1. The van der Waals surface area contributed by atoms with Gasteiger partial charge in [-0.3, -0.25) is 0 Å². The number of aryl methyl sites for hydroxylation is 1. The van der Waals surface area contributed by atoms with E-state index in [4.69, 9.17) is 27.9 Å². The molecule has 0 amide bonds. The molecular weight excluding hydrogens is 433 g/mol. The number of anilines is 1. The van der Waals surface area contributed by atoms with Crippen LogP contribution in [-0.2, 0) is 13.2 Å². The van der Waals surface area contributed by atoms with Gasteiger partial charge in [0.1, 0.15) is 12.4 Å². The van der Waals surface area contributed by atoms with Crippen molar-refractivity contribution < 1.29 is 4.74 Å². The summed E-state index contributed by atoms with van der Waals surface area (Å²) in [6, 6.07) is 19.5. The zero-order chi connectivity index (χ0) is 18.5. The molecule has 3 aromatic carbocycles. The van der Waals surface area contributed by atoms with Gasteiger partial charge in [-0.05, 0) is 60.5 Å². The Bertz CT molecular complexity index is 897. The van der Waals surface area contributed by atoms with Gasteiger partial charge in [0.15, 0.2) is 0 Å². The second-order valence-electron chi connectivity index (χ2n) is 5.98. The average Bonchev–Trinajstić information content (AvgIpc) is 2.63. The lowest BCUT2D eigenvalue weighted by molar-refractivity contribution is 0.303. The third-order valence-corrected chi connectivity index (χ3v) is 5.00. The molecule has 26 heavy (non-hydrogen) atoms. The Morgan fingerprint density at radius 3 is 2.38 bits per heavy atom. The van der Waals surface area contributed by atoms with Crippen LogP contribution in [0.2, 0.25) is 10.0 Å². The molecule has 0 unspecified atom stereocenters. The summed E-state index contributed by atoms with van der Waals surface area (Å²) in [6.07, 6.45) is 0. The van der Waals surface area contributed by atoms with Gasteiger partial charge in [0.2, 0.25) is 0 Å². The van der Waals surface area contributed by atoms with Crippen LogP contribution in [0.3, 0.4) is 0 Å². The highest BCUT2D eigenvalue weighted by Gasteiger charge is 2.07. The van der Waals surface area contributed by atoms with E-state index in [0.717, 1.165) is 32.6 Å². The van der Waals surface area contributed by atoms with Crippen LogP contribution in [-0.4, -0.2) is 0 Å². The maximum Gasteiger partial charge on any atom is 0.124 e. The summed E-state index contributed by atoms with van der Waals surface area (Å²) in [5.41, 5.74) is 4.23. The van der Waals surface area contributed by atoms with E-state index < -0.39 is 0 Å². The van der Waals surface area contributed by atoms with E-state index in [-0.39, 0.29) is 0 Å². The van der Waals surface area contributed by atoms with Gasteiger partial charge in [0, 0.05) is 32.3 Å². The molecule has 0 bridgehead atoms. The monoisotopic (exact) mass is 449 g/mol. The van der Waals surface area contributed by atoms with Crippen LogP contribution in [0.4, 0.5) is 5.69 Å². The molecule has 0 atom stereocenters. The molecule has 0 heterocycles. The summed E-state index contributed by atoms with van der Waals surface area (Å²) < 4.78 is 7.07. The molecule has 0 aliphatic rings. The Morgan fingerprint density at radius 1 is 0.923 bits per heavy atom. The minimum atomic E-state index is 0.498. The third-order valence-electron chi connectivity index (χ3n) is 4.00. The highest BCUT2D eigenvalue weighted by molar-refractivity contribution is 9.10. The Kier molecular flexibility index (Phi) is 6.47. The Morgan fingerprint density at radius 2 is 1.62 bits per heavy atom. The molecule has 3 aromatic rings. The van der Waals surface area contributed by atoms with E-state index in [2.05, 4.69) is 21.2 Å². The van der Waals surface area contributed by atoms with Gasteiger partial charge < -0.3 is 10.1 Å². The maximum absolute atomic E-state index is 6.18. The largest absolute Gasteiger partial charge is 0.489 e. The van der Waals surface area contributed by atoms with Crippen LogP contribution in [0.1, 0.15) is 16.7 Å². The Hall–Kier alpha value is -1.68. The molecule has 5 heteroatoms. The molecule has 0 aliphatic carbocycles. The van der Waals surface area contributed by atoms with Crippen molar-refractivity contribution in [2.75, 3.05) is 5.32 Å². The summed E-state index contributed by atoms with van der Waals surface area (Å²) in [4.78, 5) is 0. The number of rotatable bonds is 6. The Labute approximate surface area is 172 Å². The average molecular weight is 451 g/mol. The lowest BCUT2D eigenvalue weighted by atomic mass is 10.1. The first-order chi connectivity index (χ1) is 12.5. The van der Waals surface area contributed by atoms with E-state index in [9.17, 15) is 0 Å². The van der Waals surface area contributed by atoms with Gasteiger partial charge >= 0.3 is 0 Å². The summed E-state index contributed by atoms with van der Waals surface area (Å²) in [6.45, 7) is 3.14. The van der Waals surface area contributed by atoms with Crippen molar-refractivity contribution in [1.29, 1.82) is 0 Å². The maximum atomic E-state index is 6.18. The molecule has 0 saturated heterocycles. The number of hydrogen-bond donors (Lipinski definition) is 1. The summed E-state index contributed by atoms with van der Waals surface area (Å²) in [5, 5.41) is 4.80. The van der Waals surface area contributed by atoms with Gasteiger partial charge in [-0.15, -0.1) is 0 Å². The minimum Gasteiger partial charge on any atom is -0.489 e. The number of halogens is 3. The van der Waals surface area contributed by atoms with Crippen molar-refractivity contribution in [3.8, 4) is 5.75 Å². The summed E-state index contributed by atoms with van der Waals surface area (Å²) >= 11 is 15.7. The zero-order valence-electron chi connectivity index (χ0n) is 14.2. The predicted molar refractivity (Wildman–Crippen MR) is 113 cm³/mol. The molecule has 2 nitrogen and oxygen atoms in total. The van der Waals surface area contributed by atoms with Crippen LogP contribution in [0.15, 0.2) is 65.1 Å². The predicted octanol–water partition coefficient (Wildman–Crippen LogP) is 7.26. The van der Waals surface area contributed by atoms with Gasteiger partial charge in [-0.25, -0.2) is 0 Å². The topological polar surface area (TPSA) is 21.3 Å². The molecule has 0 fully saturated rings. The van der Waals surface area contributed by atoms with Crippen molar-refractivity contribution in [3.63, 3.8) is 0 Å². The fraction of sp³-hybridized carbons (Fsp3) is 0.143. The Balaban J connectivity index is 1.73. The van der Waals surface area contributed by atoms with Gasteiger partial charge in [-0.1, -0.05) is 57.3 Å². The van der Waals surface area contributed by atoms with Gasteiger partial charge in [0.05, 0.1) is 0 Å². The number of hydrogen-bond acceptors (Lipinski definition) is 2. The standard InChI is InChI=1S/C21H18BrCl2NO/c1-14-2-7-19(24)11-20(14)25-12-16-10-18(23)8-9-21(16)26-13-15-3-5-17(22)6-4-15/h2-11,25H,12-13H2,1H3. The van der Waals surface area contributed by atoms with Crippen molar-refractivity contribution in [2.24, 2.45) is 0 Å². The highest BCUT2D eigenvalue weighted by atomic mass is 79.9. The smallest absolute Gasteiger partial charge is 0.124 e. The molecule has 0 saturated carbocycles. The van der Waals surface area contributed by atoms with Crippen molar-refractivity contribution in [2.45, 2.75) is 20.1 Å². The molecule has 0 radical (unpaired) electrons. The van der Waals surface area contributed by atoms with Crippen LogP contribution in [0.25, 0.3) is 0 Å². The van der Waals surface area contributed by atoms with Crippen molar-refractivity contribution in [1.82, 2.24) is 0 Å². The van der Waals surface area contributed by atoms with E-state index in [1.54, 1.807) is 0 Å². The lowest BCUT2D eigenvalue weighted by Gasteiger charge is -2.15. The molecule has 0 spiro atoms.